The smallest absolute Gasteiger partial charge is 0.346 e. The van der Waals surface area contributed by atoms with Crippen molar-refractivity contribution in [3.05, 3.63) is 145 Å². The zero-order valence-corrected chi connectivity index (χ0v) is 22.4. The second-order valence-electron chi connectivity index (χ2n) is 8.82. The van der Waals surface area contributed by atoms with Crippen LogP contribution in [0.1, 0.15) is 20.7 Å². The minimum absolute atomic E-state index is 0.358. The van der Waals surface area contributed by atoms with Gasteiger partial charge in [0.05, 0.1) is 11.1 Å². The van der Waals surface area contributed by atoms with Gasteiger partial charge >= 0.3 is 11.9 Å². The highest BCUT2D eigenvalue weighted by molar-refractivity contribution is 7.99. The lowest BCUT2D eigenvalue weighted by molar-refractivity contribution is 0.0400. The number of rotatable bonds is 6. The number of benzene rings is 6. The lowest BCUT2D eigenvalue weighted by Gasteiger charge is -2.12. The van der Waals surface area contributed by atoms with Crippen molar-refractivity contribution < 1.29 is 14.3 Å². The van der Waals surface area contributed by atoms with E-state index in [1.165, 1.54) is 0 Å². The largest absolute Gasteiger partial charge is 0.386 e. The van der Waals surface area contributed by atoms with Crippen LogP contribution < -0.4 is 0 Å². The number of hydrogen-bond acceptors (Lipinski definition) is 5. The highest BCUT2D eigenvalue weighted by atomic mass is 32.2. The average molecular weight is 543 g/mol. The Morgan fingerprint density at radius 1 is 0.410 bits per heavy atom. The van der Waals surface area contributed by atoms with Gasteiger partial charge in [0.25, 0.3) is 0 Å². The summed E-state index contributed by atoms with van der Waals surface area (Å²) >= 11 is 3.26. The average Bonchev–Trinajstić information content (AvgIpc) is 2.98. The Morgan fingerprint density at radius 3 is 1.18 bits per heavy atom. The van der Waals surface area contributed by atoms with Crippen LogP contribution in [0.2, 0.25) is 0 Å². The maximum absolute atomic E-state index is 13.3. The Morgan fingerprint density at radius 2 is 0.769 bits per heavy atom. The Bertz CT molecular complexity index is 1680. The van der Waals surface area contributed by atoms with Gasteiger partial charge in [0.1, 0.15) is 0 Å². The third-order valence-corrected chi connectivity index (χ3v) is 8.50. The van der Waals surface area contributed by atoms with E-state index in [1.54, 1.807) is 35.7 Å². The van der Waals surface area contributed by atoms with Crippen molar-refractivity contribution in [2.24, 2.45) is 0 Å². The maximum Gasteiger partial charge on any atom is 0.346 e. The lowest BCUT2D eigenvalue weighted by atomic mass is 10.0. The minimum atomic E-state index is -0.667. The molecule has 0 aliphatic carbocycles. The fraction of sp³-hybridized carbons (Fsp3) is 0. The van der Waals surface area contributed by atoms with Gasteiger partial charge in [-0.25, -0.2) is 9.59 Å². The summed E-state index contributed by atoms with van der Waals surface area (Å²) in [6.07, 6.45) is 0. The number of fused-ring (bicyclic) bond motifs is 2. The van der Waals surface area contributed by atoms with Crippen LogP contribution in [0, 0.1) is 0 Å². The van der Waals surface area contributed by atoms with Gasteiger partial charge in [-0.1, -0.05) is 108 Å². The van der Waals surface area contributed by atoms with Crippen LogP contribution >= 0.6 is 23.5 Å². The monoisotopic (exact) mass is 542 g/mol. The van der Waals surface area contributed by atoms with E-state index >= 15 is 0 Å². The van der Waals surface area contributed by atoms with Crippen molar-refractivity contribution in [1.82, 2.24) is 0 Å². The van der Waals surface area contributed by atoms with Crippen LogP contribution in [0.15, 0.2) is 153 Å². The van der Waals surface area contributed by atoms with Crippen molar-refractivity contribution in [1.29, 1.82) is 0 Å². The van der Waals surface area contributed by atoms with Crippen molar-refractivity contribution in [3.8, 4) is 0 Å². The quantitative estimate of drug-likeness (QED) is 0.155. The highest BCUT2D eigenvalue weighted by Crippen LogP contribution is 2.37. The van der Waals surface area contributed by atoms with Crippen molar-refractivity contribution >= 4 is 57.0 Å². The number of esters is 2. The van der Waals surface area contributed by atoms with E-state index in [0.717, 1.165) is 41.1 Å². The molecule has 6 rings (SSSR count). The fourth-order valence-corrected chi connectivity index (χ4v) is 6.44. The first-order valence-corrected chi connectivity index (χ1v) is 14.1. The molecule has 6 aromatic carbocycles. The molecule has 0 saturated heterocycles. The molecule has 0 unspecified atom stereocenters. The van der Waals surface area contributed by atoms with Gasteiger partial charge in [-0.15, -0.1) is 0 Å². The number of ether oxygens (including phenoxy) is 1. The normalized spacial score (nSPS) is 11.0. The lowest BCUT2D eigenvalue weighted by Crippen LogP contribution is -2.13. The molecular formula is C34H22O3S2. The van der Waals surface area contributed by atoms with E-state index in [1.807, 2.05) is 121 Å². The zero-order chi connectivity index (χ0) is 26.6. The molecule has 0 heterocycles. The molecule has 0 bridgehead atoms. The van der Waals surface area contributed by atoms with Gasteiger partial charge in [0.2, 0.25) is 0 Å². The van der Waals surface area contributed by atoms with Crippen LogP contribution in [0.3, 0.4) is 0 Å². The van der Waals surface area contributed by atoms with Gasteiger partial charge in [-0.2, -0.15) is 0 Å². The number of carbonyl (C=O) groups is 2. The Labute approximate surface area is 234 Å². The molecule has 0 N–H and O–H groups in total. The topological polar surface area (TPSA) is 43.4 Å². The summed E-state index contributed by atoms with van der Waals surface area (Å²) in [6, 6.07) is 42.8. The van der Waals surface area contributed by atoms with E-state index in [4.69, 9.17) is 4.74 Å². The molecule has 3 nitrogen and oxygen atoms in total. The molecule has 0 atom stereocenters. The molecule has 0 radical (unpaired) electrons. The summed E-state index contributed by atoms with van der Waals surface area (Å²) in [5.41, 5.74) is 0.717. The highest BCUT2D eigenvalue weighted by Gasteiger charge is 2.21. The number of hydrogen-bond donors (Lipinski definition) is 0. The second-order valence-corrected chi connectivity index (χ2v) is 11.1. The molecule has 0 spiro atoms. The van der Waals surface area contributed by atoms with Gasteiger partial charge in [-0.3, -0.25) is 0 Å². The molecule has 0 aliphatic rings. The third kappa shape index (κ3) is 5.32. The van der Waals surface area contributed by atoms with Crippen LogP contribution in [0.5, 0.6) is 0 Å². The first-order chi connectivity index (χ1) is 19.2. The maximum atomic E-state index is 13.3. The van der Waals surface area contributed by atoms with E-state index in [9.17, 15) is 9.59 Å². The second kappa shape index (κ2) is 11.2. The molecule has 0 amide bonds. The summed E-state index contributed by atoms with van der Waals surface area (Å²) in [5, 5.41) is 3.35. The van der Waals surface area contributed by atoms with E-state index in [2.05, 4.69) is 0 Å². The first kappa shape index (κ1) is 25.0. The summed E-state index contributed by atoms with van der Waals surface area (Å²) in [7, 11) is 0. The molecular weight excluding hydrogens is 521 g/mol. The van der Waals surface area contributed by atoms with E-state index in [0.29, 0.717) is 11.1 Å². The molecule has 5 heteroatoms. The summed E-state index contributed by atoms with van der Waals surface area (Å²) in [4.78, 5) is 30.9. The molecule has 0 saturated carbocycles. The van der Waals surface area contributed by atoms with Crippen LogP contribution in [-0.4, -0.2) is 11.9 Å². The summed E-state index contributed by atoms with van der Waals surface area (Å²) < 4.78 is 5.46. The van der Waals surface area contributed by atoms with Crippen LogP contribution in [-0.2, 0) is 4.74 Å². The molecule has 0 aromatic heterocycles. The SMILES string of the molecule is O=C(OC(=O)c1ccc(Sc2ccccc2)c2ccccc12)c1ccc(Sc2ccccc2)c2ccccc12. The number of carbonyl (C=O) groups excluding carboxylic acids is 2. The van der Waals surface area contributed by atoms with Crippen molar-refractivity contribution in [3.63, 3.8) is 0 Å². The molecule has 0 fully saturated rings. The van der Waals surface area contributed by atoms with E-state index < -0.39 is 11.9 Å². The van der Waals surface area contributed by atoms with Gasteiger partial charge in [0.15, 0.2) is 0 Å². The van der Waals surface area contributed by atoms with Crippen molar-refractivity contribution in [2.75, 3.05) is 0 Å². The Hall–Kier alpha value is -4.32. The Balaban J connectivity index is 1.29. The predicted molar refractivity (Wildman–Crippen MR) is 159 cm³/mol. The van der Waals surface area contributed by atoms with Gasteiger partial charge in [0, 0.05) is 19.6 Å². The molecule has 188 valence electrons. The van der Waals surface area contributed by atoms with Crippen LogP contribution in [0.25, 0.3) is 21.5 Å². The fourth-order valence-electron chi connectivity index (χ4n) is 4.50. The molecule has 39 heavy (non-hydrogen) atoms. The first-order valence-electron chi connectivity index (χ1n) is 12.4. The summed E-state index contributed by atoms with van der Waals surface area (Å²) in [5.74, 6) is -1.33. The van der Waals surface area contributed by atoms with E-state index in [-0.39, 0.29) is 0 Å². The third-order valence-electron chi connectivity index (χ3n) is 6.34. The van der Waals surface area contributed by atoms with Crippen molar-refractivity contribution in [2.45, 2.75) is 19.6 Å². The standard InChI is InChI=1S/C34H22O3S2/c35-33(29-19-21-31(27-17-9-7-15-25(27)29)38-23-11-3-1-4-12-23)37-34(36)30-20-22-32(28-18-10-8-16-26(28)30)39-24-13-5-2-6-14-24/h1-22H. The molecule has 0 aliphatic heterocycles. The van der Waals surface area contributed by atoms with Gasteiger partial charge in [-0.05, 0) is 70.1 Å². The minimum Gasteiger partial charge on any atom is -0.386 e. The van der Waals surface area contributed by atoms with Gasteiger partial charge < -0.3 is 4.74 Å². The Kier molecular flexibility index (Phi) is 7.17. The zero-order valence-electron chi connectivity index (χ0n) is 20.7. The van der Waals surface area contributed by atoms with Crippen LogP contribution in [0.4, 0.5) is 0 Å². The predicted octanol–water partition coefficient (Wildman–Crippen LogP) is 9.29. The summed E-state index contributed by atoms with van der Waals surface area (Å²) in [6.45, 7) is 0. The molecule has 6 aromatic rings.